The minimum absolute atomic E-state index is 0.0617. The summed E-state index contributed by atoms with van der Waals surface area (Å²) in [6, 6.07) is 1.72. The maximum Gasteiger partial charge on any atom is 0.147 e. The van der Waals surface area contributed by atoms with Gasteiger partial charge in [-0.15, -0.1) is 0 Å². The largest absolute Gasteiger partial charge is 0.373 e. The molecule has 1 fully saturated rings. The molecule has 0 saturated carbocycles. The summed E-state index contributed by atoms with van der Waals surface area (Å²) in [5.41, 5.74) is 1.14. The molecular formula is C14H16Cl2N4O. The topological polar surface area (TPSA) is 43.2 Å². The molecule has 3 heterocycles. The van der Waals surface area contributed by atoms with E-state index in [9.17, 15) is 0 Å². The van der Waals surface area contributed by atoms with Crippen molar-refractivity contribution in [1.82, 2.24) is 14.8 Å². The van der Waals surface area contributed by atoms with E-state index in [-0.39, 0.29) is 6.10 Å². The highest BCUT2D eigenvalue weighted by atomic mass is 35.5. The Balaban J connectivity index is 1.70. The van der Waals surface area contributed by atoms with Crippen molar-refractivity contribution in [2.75, 3.05) is 24.6 Å². The zero-order valence-electron chi connectivity index (χ0n) is 11.7. The molecule has 0 radical (unpaired) electrons. The highest BCUT2D eigenvalue weighted by Crippen LogP contribution is 2.27. The van der Waals surface area contributed by atoms with E-state index in [0.29, 0.717) is 16.7 Å². The molecule has 0 N–H and O–H groups in total. The minimum Gasteiger partial charge on any atom is -0.373 e. The van der Waals surface area contributed by atoms with Crippen molar-refractivity contribution in [2.45, 2.75) is 19.6 Å². The molecule has 1 atom stereocenters. The van der Waals surface area contributed by atoms with Crippen molar-refractivity contribution in [3.63, 3.8) is 0 Å². The van der Waals surface area contributed by atoms with Gasteiger partial charge in [0.25, 0.3) is 0 Å². The van der Waals surface area contributed by atoms with Crippen LogP contribution in [0.3, 0.4) is 0 Å². The Labute approximate surface area is 133 Å². The van der Waals surface area contributed by atoms with E-state index < -0.39 is 0 Å². The standard InChI is InChI=1S/C14H16Cl2N4O/c1-10-5-18-20(7-10)9-12-8-19(2-3-21-12)14-13(16)4-11(15)6-17-14/h4-7,12H,2-3,8-9H2,1H3/t12-/m1/s1. The van der Waals surface area contributed by atoms with Gasteiger partial charge in [0.15, 0.2) is 0 Å². The molecule has 7 heteroatoms. The summed E-state index contributed by atoms with van der Waals surface area (Å²) in [6.45, 7) is 4.88. The molecule has 2 aromatic rings. The Bertz CT molecular complexity index is 631. The molecule has 1 saturated heterocycles. The zero-order chi connectivity index (χ0) is 14.8. The van der Waals surface area contributed by atoms with Crippen LogP contribution in [0.15, 0.2) is 24.7 Å². The monoisotopic (exact) mass is 326 g/mol. The minimum atomic E-state index is 0.0617. The van der Waals surface area contributed by atoms with Gasteiger partial charge in [-0.25, -0.2) is 4.98 Å². The molecular weight excluding hydrogens is 311 g/mol. The SMILES string of the molecule is Cc1cnn(C[C@H]2CN(c3ncc(Cl)cc3Cl)CCO2)c1. The van der Waals surface area contributed by atoms with Crippen LogP contribution in [0.1, 0.15) is 5.56 Å². The second-order valence-electron chi connectivity index (χ2n) is 5.14. The van der Waals surface area contributed by atoms with E-state index >= 15 is 0 Å². The maximum absolute atomic E-state index is 6.23. The smallest absolute Gasteiger partial charge is 0.147 e. The molecule has 21 heavy (non-hydrogen) atoms. The number of rotatable bonds is 3. The van der Waals surface area contributed by atoms with Gasteiger partial charge in [-0.05, 0) is 18.6 Å². The van der Waals surface area contributed by atoms with E-state index in [1.807, 2.05) is 24.0 Å². The molecule has 0 aromatic carbocycles. The Morgan fingerprint density at radius 1 is 1.38 bits per heavy atom. The van der Waals surface area contributed by atoms with Crippen LogP contribution in [0.2, 0.25) is 10.0 Å². The normalized spacial score (nSPS) is 19.0. The number of aromatic nitrogens is 3. The van der Waals surface area contributed by atoms with Crippen LogP contribution in [0.5, 0.6) is 0 Å². The van der Waals surface area contributed by atoms with Crippen LogP contribution in [0, 0.1) is 6.92 Å². The number of morpholine rings is 1. The van der Waals surface area contributed by atoms with E-state index in [0.717, 1.165) is 31.0 Å². The van der Waals surface area contributed by atoms with Gasteiger partial charge in [0.05, 0.1) is 35.5 Å². The molecule has 3 rings (SSSR count). The number of aryl methyl sites for hydroxylation is 1. The van der Waals surface area contributed by atoms with Crippen molar-refractivity contribution in [2.24, 2.45) is 0 Å². The maximum atomic E-state index is 6.23. The van der Waals surface area contributed by atoms with Gasteiger partial charge in [0.1, 0.15) is 5.82 Å². The van der Waals surface area contributed by atoms with Gasteiger partial charge in [-0.3, -0.25) is 4.68 Å². The lowest BCUT2D eigenvalue weighted by Gasteiger charge is -2.34. The van der Waals surface area contributed by atoms with E-state index in [4.69, 9.17) is 27.9 Å². The lowest BCUT2D eigenvalue weighted by molar-refractivity contribution is 0.0272. The van der Waals surface area contributed by atoms with Crippen molar-refractivity contribution in [1.29, 1.82) is 0 Å². The molecule has 2 aromatic heterocycles. The van der Waals surface area contributed by atoms with E-state index in [2.05, 4.69) is 15.0 Å². The average Bonchev–Trinajstić information content (AvgIpc) is 2.84. The third kappa shape index (κ3) is 3.48. The first kappa shape index (κ1) is 14.6. The number of hydrogen-bond acceptors (Lipinski definition) is 4. The Morgan fingerprint density at radius 3 is 2.95 bits per heavy atom. The lowest BCUT2D eigenvalue weighted by atomic mass is 10.2. The highest BCUT2D eigenvalue weighted by molar-refractivity contribution is 6.36. The van der Waals surface area contributed by atoms with Gasteiger partial charge >= 0.3 is 0 Å². The average molecular weight is 327 g/mol. The van der Waals surface area contributed by atoms with Crippen molar-refractivity contribution in [3.05, 3.63) is 40.3 Å². The molecule has 0 unspecified atom stereocenters. The third-order valence-electron chi connectivity index (χ3n) is 3.38. The Kier molecular flexibility index (Phi) is 4.33. The van der Waals surface area contributed by atoms with Crippen LogP contribution >= 0.6 is 23.2 Å². The van der Waals surface area contributed by atoms with Gasteiger partial charge < -0.3 is 9.64 Å². The molecule has 0 bridgehead atoms. The summed E-state index contributed by atoms with van der Waals surface area (Å²) in [5, 5.41) is 5.41. The third-order valence-corrected chi connectivity index (χ3v) is 3.86. The molecule has 5 nitrogen and oxygen atoms in total. The van der Waals surface area contributed by atoms with Crippen LogP contribution in [0.4, 0.5) is 5.82 Å². The quantitative estimate of drug-likeness (QED) is 0.869. The molecule has 1 aliphatic rings. The van der Waals surface area contributed by atoms with Gasteiger partial charge in [-0.2, -0.15) is 5.10 Å². The molecule has 1 aliphatic heterocycles. The number of anilines is 1. The van der Waals surface area contributed by atoms with Crippen molar-refractivity contribution in [3.8, 4) is 0 Å². The second kappa shape index (κ2) is 6.22. The molecule has 0 aliphatic carbocycles. The van der Waals surface area contributed by atoms with E-state index in [1.165, 1.54) is 0 Å². The summed E-state index contributed by atoms with van der Waals surface area (Å²) >= 11 is 12.1. The number of hydrogen-bond donors (Lipinski definition) is 0. The van der Waals surface area contributed by atoms with Crippen LogP contribution in [0.25, 0.3) is 0 Å². The first-order chi connectivity index (χ1) is 10.1. The number of halogens is 2. The van der Waals surface area contributed by atoms with Crippen molar-refractivity contribution >= 4 is 29.0 Å². The number of pyridine rings is 1. The fourth-order valence-electron chi connectivity index (χ4n) is 2.44. The van der Waals surface area contributed by atoms with Crippen LogP contribution in [-0.2, 0) is 11.3 Å². The highest BCUT2D eigenvalue weighted by Gasteiger charge is 2.23. The van der Waals surface area contributed by atoms with Gasteiger partial charge in [0, 0.05) is 25.5 Å². The fourth-order valence-corrected chi connectivity index (χ4v) is 2.94. The zero-order valence-corrected chi connectivity index (χ0v) is 13.2. The number of ether oxygens (including phenoxy) is 1. The first-order valence-corrected chi connectivity index (χ1v) is 7.54. The summed E-state index contributed by atoms with van der Waals surface area (Å²) < 4.78 is 7.71. The Hall–Kier alpha value is -1.30. The second-order valence-corrected chi connectivity index (χ2v) is 5.98. The molecule has 0 spiro atoms. The van der Waals surface area contributed by atoms with Crippen LogP contribution in [-0.4, -0.2) is 40.6 Å². The lowest BCUT2D eigenvalue weighted by Crippen LogP contribution is -2.44. The predicted molar refractivity (Wildman–Crippen MR) is 83.2 cm³/mol. The number of nitrogens with zero attached hydrogens (tertiary/aromatic N) is 4. The summed E-state index contributed by atoms with van der Waals surface area (Å²) in [5.74, 6) is 0.756. The molecule has 112 valence electrons. The van der Waals surface area contributed by atoms with Gasteiger partial charge in [-0.1, -0.05) is 23.2 Å². The summed E-state index contributed by atoms with van der Waals surface area (Å²) in [4.78, 5) is 6.46. The van der Waals surface area contributed by atoms with Gasteiger partial charge in [0.2, 0.25) is 0 Å². The van der Waals surface area contributed by atoms with Crippen molar-refractivity contribution < 1.29 is 4.74 Å². The summed E-state index contributed by atoms with van der Waals surface area (Å²) in [6.07, 6.45) is 5.53. The Morgan fingerprint density at radius 2 is 2.24 bits per heavy atom. The van der Waals surface area contributed by atoms with E-state index in [1.54, 1.807) is 12.3 Å². The summed E-state index contributed by atoms with van der Waals surface area (Å²) in [7, 11) is 0. The molecule has 0 amide bonds. The fraction of sp³-hybridized carbons (Fsp3) is 0.429. The van der Waals surface area contributed by atoms with Crippen LogP contribution < -0.4 is 4.90 Å². The first-order valence-electron chi connectivity index (χ1n) is 6.78. The predicted octanol–water partition coefficient (Wildman–Crippen LogP) is 2.80.